The van der Waals surface area contributed by atoms with E-state index in [0.717, 1.165) is 17.1 Å². The summed E-state index contributed by atoms with van der Waals surface area (Å²) in [4.78, 5) is 4.22. The zero-order valence-corrected chi connectivity index (χ0v) is 12.3. The van der Waals surface area contributed by atoms with Crippen LogP contribution >= 0.6 is 11.8 Å². The molecular weight excluding hydrogens is 286 g/mol. The number of nitriles is 1. The highest BCUT2D eigenvalue weighted by Gasteiger charge is 2.16. The van der Waals surface area contributed by atoms with Crippen molar-refractivity contribution in [2.75, 3.05) is 0 Å². The molecule has 3 aromatic heterocycles. The van der Waals surface area contributed by atoms with E-state index in [4.69, 9.17) is 9.68 Å². The topological polar surface area (TPSA) is 80.5 Å². The second-order valence-corrected chi connectivity index (χ2v) is 5.28. The van der Waals surface area contributed by atoms with Crippen LogP contribution in [0.4, 0.5) is 0 Å². The predicted molar refractivity (Wildman–Crippen MR) is 76.5 cm³/mol. The zero-order chi connectivity index (χ0) is 14.8. The smallest absolute Gasteiger partial charge is 0.197 e. The molecule has 3 rings (SSSR count). The van der Waals surface area contributed by atoms with Crippen molar-refractivity contribution in [1.29, 1.82) is 5.26 Å². The van der Waals surface area contributed by atoms with E-state index in [-0.39, 0.29) is 0 Å². The third kappa shape index (κ3) is 2.41. The van der Waals surface area contributed by atoms with Gasteiger partial charge in [0.15, 0.2) is 11.0 Å². The van der Waals surface area contributed by atoms with E-state index < -0.39 is 0 Å². The molecule has 0 aliphatic rings. The van der Waals surface area contributed by atoms with Gasteiger partial charge < -0.3 is 8.98 Å². The lowest BCUT2D eigenvalue weighted by Crippen LogP contribution is -1.95. The van der Waals surface area contributed by atoms with Gasteiger partial charge in [0.2, 0.25) is 0 Å². The Morgan fingerprint density at radius 2 is 2.19 bits per heavy atom. The monoisotopic (exact) mass is 297 g/mol. The molecule has 0 aromatic carbocycles. The summed E-state index contributed by atoms with van der Waals surface area (Å²) in [6.45, 7) is 1.88. The molecule has 0 fully saturated rings. The average Bonchev–Trinajstić information content (AvgIpc) is 3.06. The molecule has 0 unspecified atom stereocenters. The Kier molecular flexibility index (Phi) is 3.46. The van der Waals surface area contributed by atoms with Crippen molar-refractivity contribution in [3.05, 3.63) is 42.0 Å². The van der Waals surface area contributed by atoms with Crippen LogP contribution in [0.15, 0.2) is 45.3 Å². The van der Waals surface area contributed by atoms with Crippen LogP contribution in [0.5, 0.6) is 0 Å². The van der Waals surface area contributed by atoms with Crippen molar-refractivity contribution < 1.29 is 4.42 Å². The van der Waals surface area contributed by atoms with E-state index in [1.807, 2.05) is 24.6 Å². The van der Waals surface area contributed by atoms with Gasteiger partial charge in [0, 0.05) is 13.2 Å². The van der Waals surface area contributed by atoms with Crippen LogP contribution in [0.1, 0.15) is 11.3 Å². The standard InChI is InChI=1S/C14H11N5OS/c1-9-11(5-7-20-9)12-17-18-14(19(12)2)21-13-10(8-15)4-3-6-16-13/h3-7H,1-2H3. The number of rotatable bonds is 3. The molecule has 3 aromatic rings. The van der Waals surface area contributed by atoms with Crippen LogP contribution in [0, 0.1) is 18.3 Å². The van der Waals surface area contributed by atoms with Gasteiger partial charge in [-0.15, -0.1) is 10.2 Å². The molecule has 104 valence electrons. The summed E-state index contributed by atoms with van der Waals surface area (Å²) in [6, 6.07) is 7.44. The molecule has 0 aliphatic heterocycles. The van der Waals surface area contributed by atoms with E-state index in [9.17, 15) is 0 Å². The van der Waals surface area contributed by atoms with Crippen LogP contribution in [0.25, 0.3) is 11.4 Å². The summed E-state index contributed by atoms with van der Waals surface area (Å²) in [6.07, 6.45) is 3.28. The second kappa shape index (κ2) is 5.42. The summed E-state index contributed by atoms with van der Waals surface area (Å²) in [5.41, 5.74) is 1.42. The van der Waals surface area contributed by atoms with Crippen molar-refractivity contribution in [3.8, 4) is 17.5 Å². The van der Waals surface area contributed by atoms with Gasteiger partial charge in [-0.2, -0.15) is 5.26 Å². The van der Waals surface area contributed by atoms with Gasteiger partial charge in [-0.3, -0.25) is 0 Å². The maximum Gasteiger partial charge on any atom is 0.197 e. The Bertz CT molecular complexity index is 830. The summed E-state index contributed by atoms with van der Waals surface area (Å²) < 4.78 is 7.15. The van der Waals surface area contributed by atoms with Crippen molar-refractivity contribution in [2.45, 2.75) is 17.1 Å². The lowest BCUT2D eigenvalue weighted by atomic mass is 10.2. The molecule has 0 N–H and O–H groups in total. The van der Waals surface area contributed by atoms with Crippen molar-refractivity contribution in [1.82, 2.24) is 19.7 Å². The van der Waals surface area contributed by atoms with Crippen LogP contribution < -0.4 is 0 Å². The first-order valence-corrected chi connectivity index (χ1v) is 6.99. The van der Waals surface area contributed by atoms with Crippen molar-refractivity contribution in [3.63, 3.8) is 0 Å². The molecule has 0 spiro atoms. The predicted octanol–water partition coefficient (Wildman–Crippen LogP) is 2.80. The summed E-state index contributed by atoms with van der Waals surface area (Å²) in [7, 11) is 1.87. The van der Waals surface area contributed by atoms with Gasteiger partial charge in [-0.25, -0.2) is 4.98 Å². The highest BCUT2D eigenvalue weighted by atomic mass is 32.2. The molecule has 0 saturated carbocycles. The minimum absolute atomic E-state index is 0.520. The number of pyridine rings is 1. The maximum atomic E-state index is 9.10. The number of nitrogens with zero attached hydrogens (tertiary/aromatic N) is 5. The molecule has 0 aliphatic carbocycles. The largest absolute Gasteiger partial charge is 0.469 e. The van der Waals surface area contributed by atoms with E-state index in [1.165, 1.54) is 11.8 Å². The summed E-state index contributed by atoms with van der Waals surface area (Å²) in [5, 5.41) is 18.7. The number of furan rings is 1. The van der Waals surface area contributed by atoms with Gasteiger partial charge in [0.1, 0.15) is 16.9 Å². The Balaban J connectivity index is 1.97. The number of hydrogen-bond acceptors (Lipinski definition) is 6. The Hall–Kier alpha value is -2.59. The van der Waals surface area contributed by atoms with Gasteiger partial charge in [0.25, 0.3) is 0 Å². The fourth-order valence-corrected chi connectivity index (χ4v) is 2.71. The fourth-order valence-electron chi connectivity index (χ4n) is 1.90. The van der Waals surface area contributed by atoms with Crippen LogP contribution in [0.2, 0.25) is 0 Å². The second-order valence-electron chi connectivity index (χ2n) is 4.33. The van der Waals surface area contributed by atoms with E-state index >= 15 is 0 Å². The Morgan fingerprint density at radius 3 is 2.90 bits per heavy atom. The molecule has 0 saturated heterocycles. The van der Waals surface area contributed by atoms with Crippen LogP contribution in [-0.4, -0.2) is 19.7 Å². The van der Waals surface area contributed by atoms with Crippen molar-refractivity contribution in [2.24, 2.45) is 7.05 Å². The highest BCUT2D eigenvalue weighted by Crippen LogP contribution is 2.30. The summed E-state index contributed by atoms with van der Waals surface area (Å²) >= 11 is 1.31. The SMILES string of the molecule is Cc1occc1-c1nnc(Sc2ncccc2C#N)n1C. The average molecular weight is 297 g/mol. The quantitative estimate of drug-likeness (QED) is 0.739. The minimum Gasteiger partial charge on any atom is -0.469 e. The lowest BCUT2D eigenvalue weighted by molar-refractivity contribution is 0.534. The van der Waals surface area contributed by atoms with Gasteiger partial charge in [-0.1, -0.05) is 0 Å². The minimum atomic E-state index is 0.520. The molecule has 0 amide bonds. The Labute approximate surface area is 125 Å². The number of aryl methyl sites for hydroxylation is 1. The third-order valence-electron chi connectivity index (χ3n) is 3.01. The number of hydrogen-bond donors (Lipinski definition) is 0. The molecule has 0 atom stereocenters. The van der Waals surface area contributed by atoms with Crippen LogP contribution in [0.3, 0.4) is 0 Å². The third-order valence-corrected chi connectivity index (χ3v) is 4.07. The van der Waals surface area contributed by atoms with E-state index in [2.05, 4.69) is 21.3 Å². The zero-order valence-electron chi connectivity index (χ0n) is 11.4. The molecule has 6 nitrogen and oxygen atoms in total. The number of aromatic nitrogens is 4. The molecule has 0 bridgehead atoms. The lowest BCUT2D eigenvalue weighted by Gasteiger charge is -2.03. The van der Waals surface area contributed by atoms with E-state index in [0.29, 0.717) is 15.7 Å². The molecule has 21 heavy (non-hydrogen) atoms. The van der Waals surface area contributed by atoms with E-state index in [1.54, 1.807) is 24.6 Å². The van der Waals surface area contributed by atoms with Gasteiger partial charge in [0.05, 0.1) is 17.4 Å². The first kappa shape index (κ1) is 13.4. The van der Waals surface area contributed by atoms with Gasteiger partial charge >= 0.3 is 0 Å². The molecule has 3 heterocycles. The molecule has 0 radical (unpaired) electrons. The first-order valence-electron chi connectivity index (χ1n) is 6.17. The highest BCUT2D eigenvalue weighted by molar-refractivity contribution is 7.99. The fraction of sp³-hybridized carbons (Fsp3) is 0.143. The maximum absolute atomic E-state index is 9.10. The molecule has 7 heteroatoms. The van der Waals surface area contributed by atoms with Gasteiger partial charge in [-0.05, 0) is 36.9 Å². The summed E-state index contributed by atoms with van der Waals surface area (Å²) in [5.74, 6) is 1.51. The first-order chi connectivity index (χ1) is 10.2. The Morgan fingerprint density at radius 1 is 1.33 bits per heavy atom. The van der Waals surface area contributed by atoms with Crippen LogP contribution in [-0.2, 0) is 7.05 Å². The normalized spacial score (nSPS) is 10.5. The van der Waals surface area contributed by atoms with Crippen molar-refractivity contribution >= 4 is 11.8 Å². The molecular formula is C14H11N5OS.